The summed E-state index contributed by atoms with van der Waals surface area (Å²) >= 11 is 0. The van der Waals surface area contributed by atoms with E-state index >= 15 is 0 Å². The lowest BCUT2D eigenvalue weighted by Gasteiger charge is -2.12. The Kier molecular flexibility index (Phi) is 5.96. The third-order valence-electron chi connectivity index (χ3n) is 3.98. The summed E-state index contributed by atoms with van der Waals surface area (Å²) in [5.74, 6) is 0.289. The number of nitrogens with two attached hydrogens (primary N) is 1. The van der Waals surface area contributed by atoms with Crippen LogP contribution in [0.1, 0.15) is 34.1 Å². The van der Waals surface area contributed by atoms with Gasteiger partial charge in [-0.05, 0) is 42.0 Å². The molecule has 1 unspecified atom stereocenters. The maximum atomic E-state index is 12.2. The van der Waals surface area contributed by atoms with Gasteiger partial charge in [-0.1, -0.05) is 12.1 Å². The molecule has 27 heavy (non-hydrogen) atoms. The fourth-order valence-electron chi connectivity index (χ4n) is 2.51. The first kappa shape index (κ1) is 18.3. The van der Waals surface area contributed by atoms with Crippen molar-refractivity contribution in [2.24, 2.45) is 5.73 Å². The standard InChI is InChI=1S/C20H20N4O3/c21-18(12-19(25)23-13-17-2-1-11-27-17)14-3-5-15(6-4-14)20(26)24-16-7-9-22-10-8-16/h1-11,18H,12-13,21H2,(H,23,25)(H,22,24,26). The molecule has 1 aromatic carbocycles. The summed E-state index contributed by atoms with van der Waals surface area (Å²) in [4.78, 5) is 28.1. The second-order valence-corrected chi connectivity index (χ2v) is 5.98. The Bertz CT molecular complexity index is 877. The van der Waals surface area contributed by atoms with Crippen molar-refractivity contribution in [1.29, 1.82) is 0 Å². The number of aromatic nitrogens is 1. The summed E-state index contributed by atoms with van der Waals surface area (Å²) in [6.45, 7) is 0.326. The Balaban J connectivity index is 1.52. The summed E-state index contributed by atoms with van der Waals surface area (Å²) < 4.78 is 5.16. The lowest BCUT2D eigenvalue weighted by atomic mass is 10.0. The van der Waals surface area contributed by atoms with Gasteiger partial charge in [0.1, 0.15) is 5.76 Å². The van der Waals surface area contributed by atoms with Gasteiger partial charge in [-0.25, -0.2) is 0 Å². The number of benzene rings is 1. The van der Waals surface area contributed by atoms with Gasteiger partial charge in [-0.15, -0.1) is 0 Å². The molecule has 7 nitrogen and oxygen atoms in total. The minimum absolute atomic E-state index is 0.142. The lowest BCUT2D eigenvalue weighted by Crippen LogP contribution is -2.27. The van der Waals surface area contributed by atoms with Crippen molar-refractivity contribution in [2.75, 3.05) is 5.32 Å². The Morgan fingerprint density at radius 1 is 1.07 bits per heavy atom. The Morgan fingerprint density at radius 3 is 2.48 bits per heavy atom. The first-order valence-electron chi connectivity index (χ1n) is 8.48. The number of furan rings is 1. The zero-order chi connectivity index (χ0) is 19.1. The van der Waals surface area contributed by atoms with E-state index in [4.69, 9.17) is 10.2 Å². The highest BCUT2D eigenvalue weighted by molar-refractivity contribution is 6.04. The van der Waals surface area contributed by atoms with Crippen LogP contribution >= 0.6 is 0 Å². The molecule has 4 N–H and O–H groups in total. The van der Waals surface area contributed by atoms with Crippen LogP contribution in [0.2, 0.25) is 0 Å². The van der Waals surface area contributed by atoms with E-state index < -0.39 is 6.04 Å². The van der Waals surface area contributed by atoms with Crippen molar-refractivity contribution in [3.05, 3.63) is 84.1 Å². The number of pyridine rings is 1. The number of nitrogens with one attached hydrogen (secondary N) is 2. The third-order valence-corrected chi connectivity index (χ3v) is 3.98. The van der Waals surface area contributed by atoms with Crippen LogP contribution in [0.4, 0.5) is 5.69 Å². The average molecular weight is 364 g/mol. The molecule has 0 spiro atoms. The fourth-order valence-corrected chi connectivity index (χ4v) is 2.51. The zero-order valence-corrected chi connectivity index (χ0v) is 14.6. The van der Waals surface area contributed by atoms with Gasteiger partial charge in [-0.2, -0.15) is 0 Å². The molecule has 0 aliphatic rings. The van der Waals surface area contributed by atoms with Gasteiger partial charge in [0, 0.05) is 36.1 Å². The van der Waals surface area contributed by atoms with Crippen LogP contribution in [0.15, 0.2) is 71.6 Å². The van der Waals surface area contributed by atoms with Gasteiger partial charge in [-0.3, -0.25) is 14.6 Å². The number of carbonyl (C=O) groups is 2. The quantitative estimate of drug-likeness (QED) is 0.597. The highest BCUT2D eigenvalue weighted by atomic mass is 16.3. The van der Waals surface area contributed by atoms with E-state index in [9.17, 15) is 9.59 Å². The largest absolute Gasteiger partial charge is 0.467 e. The molecular weight excluding hydrogens is 344 g/mol. The molecule has 3 rings (SSSR count). The van der Waals surface area contributed by atoms with Crippen molar-refractivity contribution >= 4 is 17.5 Å². The van der Waals surface area contributed by atoms with E-state index in [1.807, 2.05) is 0 Å². The van der Waals surface area contributed by atoms with Crippen molar-refractivity contribution < 1.29 is 14.0 Å². The maximum Gasteiger partial charge on any atom is 0.255 e. The van der Waals surface area contributed by atoms with Gasteiger partial charge in [0.25, 0.3) is 5.91 Å². The van der Waals surface area contributed by atoms with E-state index in [0.29, 0.717) is 23.6 Å². The number of amides is 2. The van der Waals surface area contributed by atoms with Gasteiger partial charge in [0.15, 0.2) is 0 Å². The first-order valence-corrected chi connectivity index (χ1v) is 8.48. The molecule has 2 heterocycles. The molecule has 2 aromatic heterocycles. The summed E-state index contributed by atoms with van der Waals surface area (Å²) in [6.07, 6.45) is 4.91. The van der Waals surface area contributed by atoms with E-state index in [-0.39, 0.29) is 18.2 Å². The van der Waals surface area contributed by atoms with Gasteiger partial charge < -0.3 is 20.8 Å². The number of hydrogen-bond acceptors (Lipinski definition) is 5. The topological polar surface area (TPSA) is 110 Å². The summed E-state index contributed by atoms with van der Waals surface area (Å²) in [6, 6.07) is 13.4. The van der Waals surface area contributed by atoms with E-state index in [1.54, 1.807) is 67.2 Å². The zero-order valence-electron chi connectivity index (χ0n) is 14.6. The molecule has 3 aromatic rings. The lowest BCUT2D eigenvalue weighted by molar-refractivity contribution is -0.121. The molecular formula is C20H20N4O3. The number of anilines is 1. The molecule has 0 fully saturated rings. The van der Waals surface area contributed by atoms with Crippen LogP contribution in [-0.2, 0) is 11.3 Å². The highest BCUT2D eigenvalue weighted by Gasteiger charge is 2.13. The van der Waals surface area contributed by atoms with Gasteiger partial charge >= 0.3 is 0 Å². The average Bonchev–Trinajstić information content (AvgIpc) is 3.21. The van der Waals surface area contributed by atoms with E-state index in [1.165, 1.54) is 0 Å². The Labute approximate surface area is 156 Å². The summed E-state index contributed by atoms with van der Waals surface area (Å²) in [5, 5.41) is 5.55. The molecule has 0 radical (unpaired) electrons. The summed E-state index contributed by atoms with van der Waals surface area (Å²) in [7, 11) is 0. The van der Waals surface area contributed by atoms with Crippen LogP contribution < -0.4 is 16.4 Å². The maximum absolute atomic E-state index is 12.2. The van der Waals surface area contributed by atoms with Crippen LogP contribution in [0, 0.1) is 0 Å². The van der Waals surface area contributed by atoms with Gasteiger partial charge in [0.2, 0.25) is 5.91 Å². The number of hydrogen-bond donors (Lipinski definition) is 3. The van der Waals surface area contributed by atoms with Crippen molar-refractivity contribution in [1.82, 2.24) is 10.3 Å². The molecule has 1 atom stereocenters. The van der Waals surface area contributed by atoms with Crippen LogP contribution in [-0.4, -0.2) is 16.8 Å². The normalized spacial score (nSPS) is 11.6. The van der Waals surface area contributed by atoms with Crippen LogP contribution in [0.25, 0.3) is 0 Å². The SMILES string of the molecule is NC(CC(=O)NCc1ccco1)c1ccc(C(=O)Nc2ccncc2)cc1. The molecule has 138 valence electrons. The van der Waals surface area contributed by atoms with Crippen LogP contribution in [0.5, 0.6) is 0 Å². The number of nitrogens with zero attached hydrogens (tertiary/aromatic N) is 1. The molecule has 7 heteroatoms. The molecule has 0 aliphatic carbocycles. The van der Waals surface area contributed by atoms with E-state index in [2.05, 4.69) is 15.6 Å². The molecule has 0 saturated heterocycles. The van der Waals surface area contributed by atoms with E-state index in [0.717, 1.165) is 5.56 Å². The highest BCUT2D eigenvalue weighted by Crippen LogP contribution is 2.16. The predicted molar refractivity (Wildman–Crippen MR) is 101 cm³/mol. The number of carbonyl (C=O) groups excluding carboxylic acids is 2. The van der Waals surface area contributed by atoms with Crippen molar-refractivity contribution in [3.63, 3.8) is 0 Å². The van der Waals surface area contributed by atoms with Crippen LogP contribution in [0.3, 0.4) is 0 Å². The third kappa shape index (κ3) is 5.26. The minimum Gasteiger partial charge on any atom is -0.467 e. The monoisotopic (exact) mass is 364 g/mol. The summed E-state index contributed by atoms with van der Waals surface area (Å²) in [5.41, 5.74) is 8.06. The number of rotatable bonds is 7. The fraction of sp³-hybridized carbons (Fsp3) is 0.150. The molecule has 0 aliphatic heterocycles. The minimum atomic E-state index is -0.459. The smallest absolute Gasteiger partial charge is 0.255 e. The predicted octanol–water partition coefficient (Wildman–Crippen LogP) is 2.63. The van der Waals surface area contributed by atoms with Crippen molar-refractivity contribution in [3.8, 4) is 0 Å². The first-order chi connectivity index (χ1) is 13.1. The molecule has 0 saturated carbocycles. The Morgan fingerprint density at radius 2 is 1.81 bits per heavy atom. The van der Waals surface area contributed by atoms with Gasteiger partial charge in [0.05, 0.1) is 12.8 Å². The van der Waals surface area contributed by atoms with Crippen molar-refractivity contribution in [2.45, 2.75) is 19.0 Å². The Hall–Kier alpha value is -3.45. The second kappa shape index (κ2) is 8.77. The second-order valence-electron chi connectivity index (χ2n) is 5.98. The molecule has 0 bridgehead atoms. The molecule has 2 amide bonds.